The molecule has 0 fully saturated rings. The SMILES string of the molecule is CC(Sc1ccnc2ccccc12)C(=O)NCc1ccccc1Cl. The van der Waals surface area contributed by atoms with Crippen molar-refractivity contribution in [3.8, 4) is 0 Å². The number of carbonyl (C=O) groups is 1. The lowest BCUT2D eigenvalue weighted by molar-refractivity contribution is -0.120. The van der Waals surface area contributed by atoms with Gasteiger partial charge in [0, 0.05) is 28.0 Å². The van der Waals surface area contributed by atoms with Crippen LogP contribution in [-0.4, -0.2) is 16.1 Å². The van der Waals surface area contributed by atoms with E-state index in [9.17, 15) is 4.79 Å². The molecule has 1 atom stereocenters. The fourth-order valence-corrected chi connectivity index (χ4v) is 3.60. The van der Waals surface area contributed by atoms with Crippen LogP contribution in [0.2, 0.25) is 5.02 Å². The Morgan fingerprint density at radius 2 is 1.92 bits per heavy atom. The summed E-state index contributed by atoms with van der Waals surface area (Å²) in [6, 6.07) is 17.4. The van der Waals surface area contributed by atoms with E-state index in [1.54, 1.807) is 6.20 Å². The number of thioether (sulfide) groups is 1. The van der Waals surface area contributed by atoms with Gasteiger partial charge in [0.15, 0.2) is 0 Å². The molecule has 24 heavy (non-hydrogen) atoms. The van der Waals surface area contributed by atoms with E-state index in [-0.39, 0.29) is 11.2 Å². The maximum absolute atomic E-state index is 12.4. The summed E-state index contributed by atoms with van der Waals surface area (Å²) in [5.74, 6) is -0.0131. The molecule has 3 nitrogen and oxygen atoms in total. The number of hydrogen-bond acceptors (Lipinski definition) is 3. The second kappa shape index (κ2) is 7.69. The summed E-state index contributed by atoms with van der Waals surface area (Å²) in [6.07, 6.45) is 1.78. The monoisotopic (exact) mass is 356 g/mol. The number of rotatable bonds is 5. The molecule has 1 amide bonds. The van der Waals surface area contributed by atoms with Gasteiger partial charge in [-0.2, -0.15) is 0 Å². The molecule has 0 aliphatic rings. The minimum absolute atomic E-state index is 0.0131. The zero-order chi connectivity index (χ0) is 16.9. The summed E-state index contributed by atoms with van der Waals surface area (Å²) in [5.41, 5.74) is 1.85. The Kier molecular flexibility index (Phi) is 5.38. The molecule has 2 aromatic carbocycles. The van der Waals surface area contributed by atoms with Gasteiger partial charge in [-0.3, -0.25) is 9.78 Å². The van der Waals surface area contributed by atoms with E-state index in [1.807, 2.05) is 61.5 Å². The third kappa shape index (κ3) is 3.89. The maximum atomic E-state index is 12.4. The number of para-hydroxylation sites is 1. The highest BCUT2D eigenvalue weighted by Gasteiger charge is 2.16. The summed E-state index contributed by atoms with van der Waals surface area (Å²) in [4.78, 5) is 17.8. The van der Waals surface area contributed by atoms with Gasteiger partial charge < -0.3 is 5.32 Å². The lowest BCUT2D eigenvalue weighted by atomic mass is 10.2. The molecule has 0 bridgehead atoms. The van der Waals surface area contributed by atoms with Gasteiger partial charge in [0.25, 0.3) is 0 Å². The first kappa shape index (κ1) is 16.8. The predicted octanol–water partition coefficient (Wildman–Crippen LogP) is 4.69. The molecule has 1 N–H and O–H groups in total. The number of benzene rings is 2. The largest absolute Gasteiger partial charge is 0.351 e. The van der Waals surface area contributed by atoms with Crippen molar-refractivity contribution in [3.05, 3.63) is 71.4 Å². The molecule has 122 valence electrons. The second-order valence-electron chi connectivity index (χ2n) is 5.40. The standard InChI is InChI=1S/C19H17ClN2OS/c1-13(19(23)22-12-14-6-2-4-8-16(14)20)24-18-10-11-21-17-9-5-3-7-15(17)18/h2-11,13H,12H2,1H3,(H,22,23). The van der Waals surface area contributed by atoms with Crippen molar-refractivity contribution in [2.45, 2.75) is 23.6 Å². The molecule has 0 aliphatic carbocycles. The van der Waals surface area contributed by atoms with E-state index in [0.29, 0.717) is 11.6 Å². The molecule has 3 aromatic rings. The van der Waals surface area contributed by atoms with Gasteiger partial charge in [0.05, 0.1) is 10.8 Å². The Balaban J connectivity index is 1.67. The van der Waals surface area contributed by atoms with Crippen molar-refractivity contribution in [2.75, 3.05) is 0 Å². The molecule has 0 saturated carbocycles. The summed E-state index contributed by atoms with van der Waals surface area (Å²) in [6.45, 7) is 2.34. The van der Waals surface area contributed by atoms with Crippen LogP contribution < -0.4 is 5.32 Å². The number of fused-ring (bicyclic) bond motifs is 1. The molecule has 0 saturated heterocycles. The van der Waals surface area contributed by atoms with Gasteiger partial charge in [-0.1, -0.05) is 48.0 Å². The van der Waals surface area contributed by atoms with Crippen LogP contribution in [-0.2, 0) is 11.3 Å². The smallest absolute Gasteiger partial charge is 0.233 e. The quantitative estimate of drug-likeness (QED) is 0.674. The number of amides is 1. The Morgan fingerprint density at radius 1 is 1.17 bits per heavy atom. The minimum Gasteiger partial charge on any atom is -0.351 e. The highest BCUT2D eigenvalue weighted by Crippen LogP contribution is 2.29. The van der Waals surface area contributed by atoms with E-state index in [2.05, 4.69) is 10.3 Å². The van der Waals surface area contributed by atoms with Crippen LogP contribution >= 0.6 is 23.4 Å². The minimum atomic E-state index is -0.210. The van der Waals surface area contributed by atoms with Crippen molar-refractivity contribution in [1.82, 2.24) is 10.3 Å². The fourth-order valence-electron chi connectivity index (χ4n) is 2.38. The van der Waals surface area contributed by atoms with E-state index < -0.39 is 0 Å². The van der Waals surface area contributed by atoms with Crippen LogP contribution in [0, 0.1) is 0 Å². The van der Waals surface area contributed by atoms with Crippen molar-refractivity contribution in [2.24, 2.45) is 0 Å². The zero-order valence-electron chi connectivity index (χ0n) is 13.2. The third-order valence-corrected chi connectivity index (χ3v) is 5.24. The Bertz CT molecular complexity index is 863. The number of aromatic nitrogens is 1. The number of pyridine rings is 1. The number of nitrogens with one attached hydrogen (secondary N) is 1. The van der Waals surface area contributed by atoms with Gasteiger partial charge in [-0.25, -0.2) is 0 Å². The van der Waals surface area contributed by atoms with Crippen molar-refractivity contribution in [3.63, 3.8) is 0 Å². The number of carbonyl (C=O) groups excluding carboxylic acids is 1. The second-order valence-corrected chi connectivity index (χ2v) is 7.19. The van der Waals surface area contributed by atoms with E-state index in [1.165, 1.54) is 11.8 Å². The number of halogens is 1. The summed E-state index contributed by atoms with van der Waals surface area (Å²) >= 11 is 7.65. The topological polar surface area (TPSA) is 42.0 Å². The number of nitrogens with zero attached hydrogens (tertiary/aromatic N) is 1. The Hall–Kier alpha value is -2.04. The normalized spacial score (nSPS) is 12.1. The highest BCUT2D eigenvalue weighted by molar-refractivity contribution is 8.00. The van der Waals surface area contributed by atoms with E-state index in [4.69, 9.17) is 11.6 Å². The first-order chi connectivity index (χ1) is 11.6. The first-order valence-corrected chi connectivity index (χ1v) is 8.92. The van der Waals surface area contributed by atoms with Gasteiger partial charge in [0.2, 0.25) is 5.91 Å². The maximum Gasteiger partial charge on any atom is 0.233 e. The molecule has 3 rings (SSSR count). The molecule has 5 heteroatoms. The van der Waals surface area contributed by atoms with Crippen LogP contribution in [0.25, 0.3) is 10.9 Å². The molecule has 1 heterocycles. The van der Waals surface area contributed by atoms with Gasteiger partial charge in [-0.05, 0) is 30.7 Å². The van der Waals surface area contributed by atoms with Crippen LogP contribution in [0.5, 0.6) is 0 Å². The van der Waals surface area contributed by atoms with Crippen LogP contribution in [0.4, 0.5) is 0 Å². The molecule has 0 radical (unpaired) electrons. The molecule has 1 aromatic heterocycles. The van der Waals surface area contributed by atoms with Gasteiger partial charge in [-0.15, -0.1) is 11.8 Å². The lowest BCUT2D eigenvalue weighted by Gasteiger charge is -2.13. The third-order valence-electron chi connectivity index (χ3n) is 3.69. The van der Waals surface area contributed by atoms with E-state index >= 15 is 0 Å². The lowest BCUT2D eigenvalue weighted by Crippen LogP contribution is -2.30. The first-order valence-electron chi connectivity index (χ1n) is 7.66. The predicted molar refractivity (Wildman–Crippen MR) is 100 cm³/mol. The van der Waals surface area contributed by atoms with Crippen LogP contribution in [0.15, 0.2) is 65.7 Å². The summed E-state index contributed by atoms with van der Waals surface area (Å²) < 4.78 is 0. The molecular formula is C19H17ClN2OS. The summed E-state index contributed by atoms with van der Waals surface area (Å²) in [5, 5.41) is 4.47. The van der Waals surface area contributed by atoms with Crippen molar-refractivity contribution < 1.29 is 4.79 Å². The molecule has 1 unspecified atom stereocenters. The van der Waals surface area contributed by atoms with Crippen LogP contribution in [0.3, 0.4) is 0 Å². The van der Waals surface area contributed by atoms with Crippen molar-refractivity contribution in [1.29, 1.82) is 0 Å². The molecule has 0 spiro atoms. The van der Waals surface area contributed by atoms with Crippen molar-refractivity contribution >= 4 is 40.2 Å². The number of hydrogen-bond donors (Lipinski definition) is 1. The van der Waals surface area contributed by atoms with Gasteiger partial charge in [0.1, 0.15) is 0 Å². The van der Waals surface area contributed by atoms with E-state index in [0.717, 1.165) is 21.4 Å². The van der Waals surface area contributed by atoms with Gasteiger partial charge >= 0.3 is 0 Å². The summed E-state index contributed by atoms with van der Waals surface area (Å²) in [7, 11) is 0. The van der Waals surface area contributed by atoms with Crippen LogP contribution in [0.1, 0.15) is 12.5 Å². The average Bonchev–Trinajstić information content (AvgIpc) is 2.61. The molecule has 0 aliphatic heterocycles. The molecular weight excluding hydrogens is 340 g/mol. The highest BCUT2D eigenvalue weighted by atomic mass is 35.5. The average molecular weight is 357 g/mol. The Labute approximate surface area is 150 Å². The fraction of sp³-hybridized carbons (Fsp3) is 0.158. The zero-order valence-corrected chi connectivity index (χ0v) is 14.8. The Morgan fingerprint density at radius 3 is 2.75 bits per heavy atom.